The van der Waals surface area contributed by atoms with E-state index in [1.54, 1.807) is 21.0 Å². The zero-order chi connectivity index (χ0) is 23.8. The molecule has 10 heteroatoms. The second kappa shape index (κ2) is 9.82. The van der Waals surface area contributed by atoms with Crippen molar-refractivity contribution in [3.8, 4) is 0 Å². The highest BCUT2D eigenvalue weighted by molar-refractivity contribution is 5.15. The van der Waals surface area contributed by atoms with Crippen molar-refractivity contribution >= 4 is 0 Å². The van der Waals surface area contributed by atoms with Gasteiger partial charge in [0.25, 0.3) is 0 Å². The van der Waals surface area contributed by atoms with Crippen LogP contribution >= 0.6 is 0 Å². The fraction of sp³-hybridized carbons (Fsp3) is 0.739. The first kappa shape index (κ1) is 24.9. The number of benzene rings is 1. The minimum Gasteiger partial charge on any atom is -0.390 e. The third-order valence-corrected chi connectivity index (χ3v) is 7.20. The maximum Gasteiger partial charge on any atom is 0.249 e. The van der Waals surface area contributed by atoms with Crippen molar-refractivity contribution < 1.29 is 34.6 Å². The Hall–Kier alpha value is -1.18. The maximum absolute atomic E-state index is 11.6. The minimum absolute atomic E-state index is 0.0513. The van der Waals surface area contributed by atoms with Gasteiger partial charge < -0.3 is 50.6 Å². The molecule has 33 heavy (non-hydrogen) atoms. The van der Waals surface area contributed by atoms with Crippen molar-refractivity contribution in [2.24, 2.45) is 0 Å². The monoisotopic (exact) mass is 467 g/mol. The van der Waals surface area contributed by atoms with E-state index in [1.807, 2.05) is 30.3 Å². The van der Waals surface area contributed by atoms with Gasteiger partial charge in [-0.3, -0.25) is 0 Å². The first-order valence-electron chi connectivity index (χ1n) is 11.6. The van der Waals surface area contributed by atoms with E-state index in [1.165, 1.54) is 0 Å². The normalized spacial score (nSPS) is 45.3. The molecule has 3 fully saturated rings. The summed E-state index contributed by atoms with van der Waals surface area (Å²) in [5.41, 5.74) is -0.555. The van der Waals surface area contributed by atoms with Crippen molar-refractivity contribution in [2.75, 3.05) is 27.2 Å². The van der Waals surface area contributed by atoms with Gasteiger partial charge in [0.15, 0.2) is 0 Å². The zero-order valence-electron chi connectivity index (χ0n) is 19.3. The number of nitrogens with one attached hydrogen (secondary N) is 3. The lowest BCUT2D eigenvalue weighted by Gasteiger charge is -2.60. The molecule has 0 bridgehead atoms. The van der Waals surface area contributed by atoms with Gasteiger partial charge in [0, 0.05) is 13.0 Å². The van der Waals surface area contributed by atoms with E-state index in [9.17, 15) is 20.4 Å². The van der Waals surface area contributed by atoms with E-state index in [4.69, 9.17) is 14.2 Å². The number of fused-ring (bicyclic) bond motifs is 2. The molecule has 2 aliphatic heterocycles. The Morgan fingerprint density at radius 2 is 1.67 bits per heavy atom. The third-order valence-electron chi connectivity index (χ3n) is 7.20. The largest absolute Gasteiger partial charge is 0.390 e. The number of rotatable bonds is 7. The van der Waals surface area contributed by atoms with Gasteiger partial charge in [0.1, 0.15) is 23.9 Å². The molecule has 3 aliphatic rings. The van der Waals surface area contributed by atoms with Crippen molar-refractivity contribution in [1.82, 2.24) is 16.0 Å². The molecule has 0 radical (unpaired) electrons. The Labute approximate surface area is 194 Å². The molecular weight excluding hydrogens is 430 g/mol. The van der Waals surface area contributed by atoms with Crippen molar-refractivity contribution in [3.05, 3.63) is 35.9 Å². The Kier molecular flexibility index (Phi) is 7.42. The summed E-state index contributed by atoms with van der Waals surface area (Å²) in [6.45, 7) is 2.43. The first-order valence-corrected chi connectivity index (χ1v) is 11.6. The average Bonchev–Trinajstić information content (AvgIpc) is 2.78. The molecule has 0 aromatic heterocycles. The van der Waals surface area contributed by atoms with Gasteiger partial charge in [0.2, 0.25) is 12.1 Å². The fourth-order valence-electron chi connectivity index (χ4n) is 5.40. The summed E-state index contributed by atoms with van der Waals surface area (Å²) < 4.78 is 18.0. The van der Waals surface area contributed by atoms with Crippen LogP contribution in [0.3, 0.4) is 0 Å². The van der Waals surface area contributed by atoms with E-state index in [2.05, 4.69) is 16.0 Å². The summed E-state index contributed by atoms with van der Waals surface area (Å²) in [6.07, 6.45) is -4.76. The number of hydrogen-bond donors (Lipinski definition) is 7. The molecule has 10 atom stereocenters. The van der Waals surface area contributed by atoms with Crippen LogP contribution in [0.1, 0.15) is 18.9 Å². The highest BCUT2D eigenvalue weighted by Gasteiger charge is 2.68. The summed E-state index contributed by atoms with van der Waals surface area (Å²) in [5, 5.41) is 54.0. The smallest absolute Gasteiger partial charge is 0.249 e. The predicted octanol–water partition coefficient (Wildman–Crippen LogP) is -1.93. The van der Waals surface area contributed by atoms with Crippen LogP contribution in [0.25, 0.3) is 0 Å². The van der Waals surface area contributed by atoms with Gasteiger partial charge in [-0.05, 0) is 39.5 Å². The van der Waals surface area contributed by atoms with Gasteiger partial charge in [-0.1, -0.05) is 30.3 Å². The van der Waals surface area contributed by atoms with Crippen molar-refractivity contribution in [2.45, 2.75) is 80.0 Å². The molecule has 1 aromatic rings. The lowest BCUT2D eigenvalue weighted by Crippen LogP contribution is -2.81. The van der Waals surface area contributed by atoms with Gasteiger partial charge in [0.05, 0.1) is 24.3 Å². The number of hydrogen-bond acceptors (Lipinski definition) is 10. The molecule has 0 spiro atoms. The molecule has 4 rings (SSSR count). The summed E-state index contributed by atoms with van der Waals surface area (Å²) in [5.74, 6) is -2.19. The lowest BCUT2D eigenvalue weighted by molar-refractivity contribution is -0.482. The van der Waals surface area contributed by atoms with Crippen molar-refractivity contribution in [3.63, 3.8) is 0 Å². The molecule has 1 aliphatic carbocycles. The number of aliphatic hydroxyl groups excluding tert-OH is 2. The van der Waals surface area contributed by atoms with Crippen molar-refractivity contribution in [1.29, 1.82) is 0 Å². The summed E-state index contributed by atoms with van der Waals surface area (Å²) in [6, 6.07) is 8.65. The number of likely N-dealkylation sites (N-methyl/N-ethyl adjacent to an activating group) is 2. The summed E-state index contributed by atoms with van der Waals surface area (Å²) in [7, 11) is 3.30. The summed E-state index contributed by atoms with van der Waals surface area (Å²) >= 11 is 0. The topological polar surface area (TPSA) is 145 Å². The SMILES string of the molecule is CN[C@@H]1[C@H](O)[C@H](NC)[C@H]2O[C@]3(O)[C@H](OC2[C@H]1O)O[C@H](C)C[C@]3(O)CNCCc1ccccc1. The van der Waals surface area contributed by atoms with Crippen LogP contribution in [0.5, 0.6) is 0 Å². The van der Waals surface area contributed by atoms with Crippen LogP contribution in [0.4, 0.5) is 0 Å². The molecule has 186 valence electrons. The van der Waals surface area contributed by atoms with E-state index < -0.39 is 60.3 Å². The Bertz CT molecular complexity index is 789. The molecule has 7 N–H and O–H groups in total. The highest BCUT2D eigenvalue weighted by Crippen LogP contribution is 2.46. The molecular formula is C23H37N3O7. The fourth-order valence-corrected chi connectivity index (χ4v) is 5.40. The Balaban J connectivity index is 1.52. The third kappa shape index (κ3) is 4.45. The molecule has 2 heterocycles. The second-order valence-electron chi connectivity index (χ2n) is 9.42. The van der Waals surface area contributed by atoms with Gasteiger partial charge in [-0.15, -0.1) is 0 Å². The quantitative estimate of drug-likeness (QED) is 0.226. The van der Waals surface area contributed by atoms with Crippen LogP contribution in [-0.4, -0.2) is 108 Å². The summed E-state index contributed by atoms with van der Waals surface area (Å²) in [4.78, 5) is 0. The van der Waals surface area contributed by atoms with E-state index in [0.717, 1.165) is 12.0 Å². The molecule has 10 nitrogen and oxygen atoms in total. The Morgan fingerprint density at radius 3 is 2.33 bits per heavy atom. The number of aliphatic hydroxyl groups is 4. The number of ether oxygens (including phenoxy) is 3. The molecule has 1 unspecified atom stereocenters. The lowest BCUT2D eigenvalue weighted by atomic mass is 9.77. The molecule has 0 amide bonds. The van der Waals surface area contributed by atoms with Crippen LogP contribution in [-0.2, 0) is 20.6 Å². The van der Waals surface area contributed by atoms with Crippen LogP contribution in [0, 0.1) is 0 Å². The molecule has 2 saturated heterocycles. The predicted molar refractivity (Wildman–Crippen MR) is 119 cm³/mol. The highest BCUT2D eigenvalue weighted by atomic mass is 16.8. The van der Waals surface area contributed by atoms with Crippen LogP contribution < -0.4 is 16.0 Å². The van der Waals surface area contributed by atoms with E-state index in [0.29, 0.717) is 6.54 Å². The van der Waals surface area contributed by atoms with Gasteiger partial charge in [-0.25, -0.2) is 0 Å². The molecule has 1 saturated carbocycles. The second-order valence-corrected chi connectivity index (χ2v) is 9.42. The van der Waals surface area contributed by atoms with Gasteiger partial charge >= 0.3 is 0 Å². The van der Waals surface area contributed by atoms with E-state index >= 15 is 0 Å². The zero-order valence-corrected chi connectivity index (χ0v) is 19.3. The molecule has 1 aromatic carbocycles. The standard InChI is InChI=1S/C23H37N3O7/c1-13-11-22(29,12-26-10-9-14-7-5-4-6-8-14)23(30)21(31-13)32-20-18(28)15(24-2)17(27)16(25-3)19(20)33-23/h4-8,13,15-21,24-30H,9-12H2,1-3H3/t13-,15-,16+,17+,18+,19-,20?,21+,22+,23-/m1/s1. The van der Waals surface area contributed by atoms with Crippen LogP contribution in [0.15, 0.2) is 30.3 Å². The Morgan fingerprint density at radius 1 is 0.970 bits per heavy atom. The average molecular weight is 468 g/mol. The van der Waals surface area contributed by atoms with Gasteiger partial charge in [-0.2, -0.15) is 0 Å². The minimum atomic E-state index is -2.19. The first-order chi connectivity index (χ1) is 15.7. The van der Waals surface area contributed by atoms with Crippen LogP contribution in [0.2, 0.25) is 0 Å². The maximum atomic E-state index is 11.6. The van der Waals surface area contributed by atoms with E-state index in [-0.39, 0.29) is 13.0 Å².